The lowest BCUT2D eigenvalue weighted by molar-refractivity contribution is 0.0730. The molecule has 156 valence electrons. The third kappa shape index (κ3) is 5.65. The van der Waals surface area contributed by atoms with Gasteiger partial charge in [-0.3, -0.25) is 4.79 Å². The zero-order valence-corrected chi connectivity index (χ0v) is 17.6. The van der Waals surface area contributed by atoms with Gasteiger partial charge in [-0.15, -0.1) is 0 Å². The minimum Gasteiger partial charge on any atom is -0.379 e. The van der Waals surface area contributed by atoms with Crippen molar-refractivity contribution in [2.75, 3.05) is 31.6 Å². The molecule has 0 saturated carbocycles. The van der Waals surface area contributed by atoms with Crippen molar-refractivity contribution in [1.29, 1.82) is 0 Å². The molecule has 1 aliphatic rings. The molecule has 7 heteroatoms. The van der Waals surface area contributed by atoms with Gasteiger partial charge in [-0.1, -0.05) is 38.0 Å². The molecule has 0 radical (unpaired) electrons. The van der Waals surface area contributed by atoms with Gasteiger partial charge in [0.25, 0.3) is 5.91 Å². The average Bonchev–Trinajstić information content (AvgIpc) is 2.76. The Kier molecular flexibility index (Phi) is 7.41. The van der Waals surface area contributed by atoms with Gasteiger partial charge in [0.1, 0.15) is 0 Å². The number of carbonyl (C=O) groups is 1. The molecule has 1 heterocycles. The molecule has 3 rings (SSSR count). The summed E-state index contributed by atoms with van der Waals surface area (Å²) >= 11 is 0. The molecule has 1 amide bonds. The van der Waals surface area contributed by atoms with Gasteiger partial charge in [0.15, 0.2) is 0 Å². The monoisotopic (exact) mass is 416 g/mol. The molecular weight excluding hydrogens is 388 g/mol. The number of ether oxygens (including phenoxy) is 1. The van der Waals surface area contributed by atoms with Gasteiger partial charge < -0.3 is 10.1 Å². The summed E-state index contributed by atoms with van der Waals surface area (Å²) in [6.45, 7) is 3.59. The average molecular weight is 417 g/mol. The van der Waals surface area contributed by atoms with E-state index in [2.05, 4.69) is 12.2 Å². The molecule has 2 aromatic carbocycles. The predicted molar refractivity (Wildman–Crippen MR) is 114 cm³/mol. The molecule has 0 bridgehead atoms. The molecule has 1 fully saturated rings. The van der Waals surface area contributed by atoms with Crippen molar-refractivity contribution in [2.24, 2.45) is 0 Å². The van der Waals surface area contributed by atoms with E-state index in [0.29, 0.717) is 37.6 Å². The standard InChI is InChI=1S/C22H28N2O4S/c1-2-3-4-6-18-9-11-20(12-10-18)23-22(25)19-7-5-8-21(17-19)29(26,27)24-13-15-28-16-14-24/h5,7-12,17H,2-4,6,13-16H2,1H3,(H,23,25). The lowest BCUT2D eigenvalue weighted by atomic mass is 10.1. The Labute approximate surface area is 172 Å². The first-order chi connectivity index (χ1) is 14.0. The summed E-state index contributed by atoms with van der Waals surface area (Å²) in [5.41, 5.74) is 2.25. The fraction of sp³-hybridized carbons (Fsp3) is 0.409. The minimum atomic E-state index is -3.63. The number of sulfonamides is 1. The van der Waals surface area contributed by atoms with E-state index in [-0.39, 0.29) is 10.8 Å². The first-order valence-electron chi connectivity index (χ1n) is 10.1. The van der Waals surface area contributed by atoms with Crippen LogP contribution in [0.2, 0.25) is 0 Å². The Balaban J connectivity index is 1.68. The van der Waals surface area contributed by atoms with Gasteiger partial charge in [0.2, 0.25) is 10.0 Å². The summed E-state index contributed by atoms with van der Waals surface area (Å²) in [4.78, 5) is 12.7. The second-order valence-corrected chi connectivity index (χ2v) is 9.09. The molecule has 1 aliphatic heterocycles. The van der Waals surface area contributed by atoms with Crippen LogP contribution in [-0.4, -0.2) is 44.9 Å². The predicted octanol–water partition coefficient (Wildman–Crippen LogP) is 3.69. The minimum absolute atomic E-state index is 0.123. The number of anilines is 1. The number of rotatable bonds is 8. The number of nitrogens with zero attached hydrogens (tertiary/aromatic N) is 1. The SMILES string of the molecule is CCCCCc1ccc(NC(=O)c2cccc(S(=O)(=O)N3CCOCC3)c2)cc1. The molecule has 1 saturated heterocycles. The molecule has 0 aliphatic carbocycles. The highest BCUT2D eigenvalue weighted by atomic mass is 32.2. The summed E-state index contributed by atoms with van der Waals surface area (Å²) in [6.07, 6.45) is 4.59. The first-order valence-corrected chi connectivity index (χ1v) is 11.5. The van der Waals surface area contributed by atoms with E-state index >= 15 is 0 Å². The highest BCUT2D eigenvalue weighted by Crippen LogP contribution is 2.19. The Bertz CT molecular complexity index is 920. The van der Waals surface area contributed by atoms with Gasteiger partial charge in [-0.2, -0.15) is 4.31 Å². The van der Waals surface area contributed by atoms with E-state index in [4.69, 9.17) is 4.74 Å². The first kappa shape index (κ1) is 21.5. The molecule has 2 aromatic rings. The van der Waals surface area contributed by atoms with E-state index in [1.807, 2.05) is 24.3 Å². The van der Waals surface area contributed by atoms with E-state index in [9.17, 15) is 13.2 Å². The number of morpholine rings is 1. The van der Waals surface area contributed by atoms with Crippen LogP contribution in [-0.2, 0) is 21.2 Å². The van der Waals surface area contributed by atoms with Crippen LogP contribution in [0.4, 0.5) is 5.69 Å². The molecule has 0 atom stereocenters. The molecule has 6 nitrogen and oxygen atoms in total. The van der Waals surface area contributed by atoms with Gasteiger partial charge in [-0.25, -0.2) is 8.42 Å². The van der Waals surface area contributed by atoms with Gasteiger partial charge >= 0.3 is 0 Å². The maximum atomic E-state index is 12.8. The molecule has 0 aromatic heterocycles. The van der Waals surface area contributed by atoms with Crippen LogP contribution in [0.5, 0.6) is 0 Å². The zero-order valence-electron chi connectivity index (χ0n) is 16.8. The summed E-state index contributed by atoms with van der Waals surface area (Å²) in [7, 11) is -3.63. The zero-order chi connectivity index (χ0) is 20.7. The quantitative estimate of drug-likeness (QED) is 0.666. The Morgan fingerprint density at radius 1 is 1.07 bits per heavy atom. The molecule has 0 unspecified atom stereocenters. The van der Waals surface area contributed by atoms with Crippen molar-refractivity contribution in [3.8, 4) is 0 Å². The number of carbonyl (C=O) groups excluding carboxylic acids is 1. The maximum Gasteiger partial charge on any atom is 0.255 e. The van der Waals surface area contributed by atoms with E-state index in [0.717, 1.165) is 12.8 Å². The molecule has 29 heavy (non-hydrogen) atoms. The Morgan fingerprint density at radius 2 is 1.79 bits per heavy atom. The molecular formula is C22H28N2O4S. The second-order valence-electron chi connectivity index (χ2n) is 7.15. The Hall–Kier alpha value is -2.22. The van der Waals surface area contributed by atoms with Crippen molar-refractivity contribution in [3.05, 3.63) is 59.7 Å². The molecule has 0 spiro atoms. The van der Waals surface area contributed by atoms with E-state index in [1.54, 1.807) is 12.1 Å². The smallest absolute Gasteiger partial charge is 0.255 e. The van der Waals surface area contributed by atoms with Crippen molar-refractivity contribution >= 4 is 21.6 Å². The summed E-state index contributed by atoms with van der Waals surface area (Å²) in [5.74, 6) is -0.331. The largest absolute Gasteiger partial charge is 0.379 e. The highest BCUT2D eigenvalue weighted by molar-refractivity contribution is 7.89. The van der Waals surface area contributed by atoms with Crippen LogP contribution in [0.1, 0.15) is 42.1 Å². The summed E-state index contributed by atoms with van der Waals surface area (Å²) in [6, 6.07) is 14.0. The van der Waals surface area contributed by atoms with Crippen LogP contribution in [0.15, 0.2) is 53.4 Å². The van der Waals surface area contributed by atoms with Crippen LogP contribution in [0.25, 0.3) is 0 Å². The van der Waals surface area contributed by atoms with Crippen LogP contribution >= 0.6 is 0 Å². The lowest BCUT2D eigenvalue weighted by Gasteiger charge is -2.26. The fourth-order valence-corrected chi connectivity index (χ4v) is 4.73. The number of amides is 1. The summed E-state index contributed by atoms with van der Waals surface area (Å²) < 4.78 is 32.2. The number of aryl methyl sites for hydroxylation is 1. The van der Waals surface area contributed by atoms with Crippen molar-refractivity contribution in [3.63, 3.8) is 0 Å². The fourth-order valence-electron chi connectivity index (χ4n) is 3.27. The third-order valence-corrected chi connectivity index (χ3v) is 6.88. The highest BCUT2D eigenvalue weighted by Gasteiger charge is 2.26. The number of benzene rings is 2. The van der Waals surface area contributed by atoms with Crippen molar-refractivity contribution in [2.45, 2.75) is 37.5 Å². The summed E-state index contributed by atoms with van der Waals surface area (Å²) in [5, 5.41) is 2.84. The topological polar surface area (TPSA) is 75.7 Å². The van der Waals surface area contributed by atoms with Gasteiger partial charge in [0, 0.05) is 24.3 Å². The maximum absolute atomic E-state index is 12.8. The molecule has 1 N–H and O–H groups in total. The Morgan fingerprint density at radius 3 is 2.48 bits per heavy atom. The van der Waals surface area contributed by atoms with E-state index in [1.165, 1.54) is 34.8 Å². The van der Waals surface area contributed by atoms with Crippen LogP contribution < -0.4 is 5.32 Å². The lowest BCUT2D eigenvalue weighted by Crippen LogP contribution is -2.40. The number of unbranched alkanes of at least 4 members (excludes halogenated alkanes) is 2. The van der Waals surface area contributed by atoms with Crippen LogP contribution in [0, 0.1) is 0 Å². The number of hydrogen-bond donors (Lipinski definition) is 1. The van der Waals surface area contributed by atoms with Crippen molar-refractivity contribution in [1.82, 2.24) is 4.31 Å². The van der Waals surface area contributed by atoms with Gasteiger partial charge in [0.05, 0.1) is 18.1 Å². The second kappa shape index (κ2) is 10.0. The van der Waals surface area contributed by atoms with Crippen molar-refractivity contribution < 1.29 is 17.9 Å². The normalized spacial score (nSPS) is 15.2. The van der Waals surface area contributed by atoms with Gasteiger partial charge in [-0.05, 0) is 48.7 Å². The van der Waals surface area contributed by atoms with Crippen LogP contribution in [0.3, 0.4) is 0 Å². The number of hydrogen-bond acceptors (Lipinski definition) is 4. The third-order valence-electron chi connectivity index (χ3n) is 4.98. The number of nitrogens with one attached hydrogen (secondary N) is 1. The van der Waals surface area contributed by atoms with E-state index < -0.39 is 10.0 Å².